The summed E-state index contributed by atoms with van der Waals surface area (Å²) in [6.45, 7) is 4.45. The van der Waals surface area contributed by atoms with Gasteiger partial charge < -0.3 is 15.1 Å². The predicted octanol–water partition coefficient (Wildman–Crippen LogP) is 4.64. The molecule has 2 heterocycles. The first kappa shape index (κ1) is 19.2. The molecule has 2 aromatic heterocycles. The van der Waals surface area contributed by atoms with E-state index in [1.165, 1.54) is 17.5 Å². The second kappa shape index (κ2) is 8.85. The number of para-hydroxylation sites is 1. The molecule has 2 N–H and O–H groups in total. The van der Waals surface area contributed by atoms with E-state index in [2.05, 4.69) is 33.6 Å². The molecule has 1 saturated carbocycles. The van der Waals surface area contributed by atoms with Gasteiger partial charge in [-0.3, -0.25) is 0 Å². The first-order valence-corrected chi connectivity index (χ1v) is 9.60. The van der Waals surface area contributed by atoms with Gasteiger partial charge in [-0.1, -0.05) is 12.1 Å². The zero-order valence-electron chi connectivity index (χ0n) is 14.7. The second-order valence-corrected chi connectivity index (χ2v) is 7.30. The van der Waals surface area contributed by atoms with Gasteiger partial charge in [0.2, 0.25) is 0 Å². The fourth-order valence-corrected chi connectivity index (χ4v) is 3.54. The van der Waals surface area contributed by atoms with Gasteiger partial charge >= 0.3 is 0 Å². The van der Waals surface area contributed by atoms with Crippen molar-refractivity contribution in [3.8, 4) is 10.8 Å². The zero-order chi connectivity index (χ0) is 17.1. The van der Waals surface area contributed by atoms with Gasteiger partial charge in [-0.25, -0.2) is 9.98 Å². The van der Waals surface area contributed by atoms with Crippen LogP contribution in [0.3, 0.4) is 0 Å². The molecule has 0 saturated heterocycles. The predicted molar refractivity (Wildman–Crippen MR) is 118 cm³/mol. The molecule has 7 heteroatoms. The number of nitrogens with one attached hydrogen (secondary N) is 2. The first-order valence-electron chi connectivity index (χ1n) is 8.78. The van der Waals surface area contributed by atoms with Gasteiger partial charge in [0, 0.05) is 13.1 Å². The Morgan fingerprint density at radius 2 is 2.08 bits per heavy atom. The van der Waals surface area contributed by atoms with Gasteiger partial charge in [-0.2, -0.15) is 0 Å². The van der Waals surface area contributed by atoms with E-state index in [0.717, 1.165) is 47.0 Å². The monoisotopic (exact) mass is 482 g/mol. The minimum atomic E-state index is 0. The van der Waals surface area contributed by atoms with Crippen LogP contribution in [0, 0.1) is 5.92 Å². The van der Waals surface area contributed by atoms with Gasteiger partial charge in [0.05, 0.1) is 10.2 Å². The summed E-state index contributed by atoms with van der Waals surface area (Å²) < 4.78 is 7.12. The molecular weight excluding hydrogens is 459 g/mol. The number of thiazole rings is 1. The van der Waals surface area contributed by atoms with Gasteiger partial charge in [-0.15, -0.1) is 35.3 Å². The van der Waals surface area contributed by atoms with Crippen LogP contribution in [0.15, 0.2) is 45.8 Å². The largest absolute Gasteiger partial charge is 0.457 e. The maximum atomic E-state index is 5.95. The highest BCUT2D eigenvalue weighted by molar-refractivity contribution is 14.0. The zero-order valence-corrected chi connectivity index (χ0v) is 17.8. The molecule has 26 heavy (non-hydrogen) atoms. The molecule has 0 radical (unpaired) electrons. The molecule has 1 fully saturated rings. The molecule has 138 valence electrons. The lowest BCUT2D eigenvalue weighted by atomic mass is 10.3. The number of rotatable bonds is 6. The van der Waals surface area contributed by atoms with Crippen LogP contribution < -0.4 is 10.6 Å². The SMILES string of the molecule is CCNC(=NCc1ccc(-c2nc3ccccc3s2)o1)NCC1CC1.I. The van der Waals surface area contributed by atoms with Crippen LogP contribution in [0.1, 0.15) is 25.5 Å². The number of aromatic nitrogens is 1. The molecule has 5 nitrogen and oxygen atoms in total. The number of hydrogen-bond donors (Lipinski definition) is 2. The van der Waals surface area contributed by atoms with Crippen LogP contribution in [0.2, 0.25) is 0 Å². The number of benzene rings is 1. The summed E-state index contributed by atoms with van der Waals surface area (Å²) in [5.41, 5.74) is 1.01. The van der Waals surface area contributed by atoms with Crippen molar-refractivity contribution in [2.75, 3.05) is 13.1 Å². The van der Waals surface area contributed by atoms with E-state index in [1.807, 2.05) is 30.3 Å². The van der Waals surface area contributed by atoms with Crippen molar-refractivity contribution < 1.29 is 4.42 Å². The van der Waals surface area contributed by atoms with E-state index in [0.29, 0.717) is 6.54 Å². The first-order chi connectivity index (χ1) is 12.3. The molecule has 0 amide bonds. The average Bonchev–Trinajstić information content (AvgIpc) is 3.17. The highest BCUT2D eigenvalue weighted by atomic mass is 127. The fourth-order valence-electron chi connectivity index (χ4n) is 2.62. The van der Waals surface area contributed by atoms with E-state index < -0.39 is 0 Å². The Labute approximate surface area is 174 Å². The molecule has 1 aliphatic carbocycles. The summed E-state index contributed by atoms with van der Waals surface area (Å²) in [5.74, 6) is 3.32. The smallest absolute Gasteiger partial charge is 0.191 e. The summed E-state index contributed by atoms with van der Waals surface area (Å²) in [4.78, 5) is 9.26. The Balaban J connectivity index is 0.00000196. The summed E-state index contributed by atoms with van der Waals surface area (Å²) >= 11 is 1.65. The number of aliphatic imine (C=N–C) groups is 1. The van der Waals surface area contributed by atoms with Crippen LogP contribution >= 0.6 is 35.3 Å². The van der Waals surface area contributed by atoms with Gasteiger partial charge in [0.25, 0.3) is 0 Å². The molecule has 1 aromatic carbocycles. The number of fused-ring (bicyclic) bond motifs is 1. The third-order valence-electron chi connectivity index (χ3n) is 4.16. The van der Waals surface area contributed by atoms with Crippen molar-refractivity contribution in [2.45, 2.75) is 26.3 Å². The van der Waals surface area contributed by atoms with Crippen molar-refractivity contribution in [3.63, 3.8) is 0 Å². The van der Waals surface area contributed by atoms with Crippen LogP contribution in [0.5, 0.6) is 0 Å². The van der Waals surface area contributed by atoms with Crippen molar-refractivity contribution in [1.82, 2.24) is 15.6 Å². The lowest BCUT2D eigenvalue weighted by Crippen LogP contribution is -2.38. The molecule has 1 aliphatic rings. The van der Waals surface area contributed by atoms with E-state index in [4.69, 9.17) is 4.42 Å². The van der Waals surface area contributed by atoms with Crippen molar-refractivity contribution >= 4 is 51.5 Å². The third-order valence-corrected chi connectivity index (χ3v) is 5.21. The van der Waals surface area contributed by atoms with E-state index in [-0.39, 0.29) is 24.0 Å². The van der Waals surface area contributed by atoms with Gasteiger partial charge in [-0.05, 0) is 49.9 Å². The Kier molecular flexibility index (Phi) is 6.53. The molecule has 0 atom stereocenters. The molecule has 3 aromatic rings. The minimum absolute atomic E-state index is 0. The van der Waals surface area contributed by atoms with Crippen LogP contribution in [0.25, 0.3) is 21.0 Å². The van der Waals surface area contributed by atoms with Crippen molar-refractivity contribution in [3.05, 3.63) is 42.2 Å². The van der Waals surface area contributed by atoms with Crippen molar-refractivity contribution in [1.29, 1.82) is 0 Å². The highest BCUT2D eigenvalue weighted by Crippen LogP contribution is 2.31. The van der Waals surface area contributed by atoms with Gasteiger partial charge in [0.15, 0.2) is 16.7 Å². The third kappa shape index (κ3) is 4.76. The molecule has 4 rings (SSSR count). The minimum Gasteiger partial charge on any atom is -0.457 e. The number of furan rings is 1. The summed E-state index contributed by atoms with van der Waals surface area (Å²) in [7, 11) is 0. The quantitative estimate of drug-likeness (QED) is 0.305. The summed E-state index contributed by atoms with van der Waals surface area (Å²) in [6.07, 6.45) is 2.66. The fraction of sp³-hybridized carbons (Fsp3) is 0.368. The van der Waals surface area contributed by atoms with E-state index in [1.54, 1.807) is 11.3 Å². The second-order valence-electron chi connectivity index (χ2n) is 6.27. The lowest BCUT2D eigenvalue weighted by molar-refractivity contribution is 0.524. The Morgan fingerprint density at radius 3 is 2.85 bits per heavy atom. The molecular formula is C19H23IN4OS. The average molecular weight is 482 g/mol. The molecule has 0 spiro atoms. The van der Waals surface area contributed by atoms with Crippen molar-refractivity contribution in [2.24, 2.45) is 10.9 Å². The highest BCUT2D eigenvalue weighted by Gasteiger charge is 2.21. The number of nitrogens with zero attached hydrogens (tertiary/aromatic N) is 2. The number of halogens is 1. The maximum Gasteiger partial charge on any atom is 0.191 e. The molecule has 0 unspecified atom stereocenters. The molecule has 0 aliphatic heterocycles. The normalized spacial score (nSPS) is 14.3. The molecule has 0 bridgehead atoms. The summed E-state index contributed by atoms with van der Waals surface area (Å²) in [5, 5.41) is 7.59. The van der Waals surface area contributed by atoms with E-state index >= 15 is 0 Å². The van der Waals surface area contributed by atoms with Crippen LogP contribution in [-0.4, -0.2) is 24.0 Å². The summed E-state index contributed by atoms with van der Waals surface area (Å²) in [6, 6.07) is 12.1. The Bertz CT molecular complexity index is 851. The van der Waals surface area contributed by atoms with Crippen LogP contribution in [-0.2, 0) is 6.54 Å². The number of hydrogen-bond acceptors (Lipinski definition) is 4. The lowest BCUT2D eigenvalue weighted by Gasteiger charge is -2.10. The van der Waals surface area contributed by atoms with E-state index in [9.17, 15) is 0 Å². The Hall–Kier alpha value is -1.61. The number of guanidine groups is 1. The topological polar surface area (TPSA) is 62.5 Å². The maximum absolute atomic E-state index is 5.95. The Morgan fingerprint density at radius 1 is 1.23 bits per heavy atom. The van der Waals surface area contributed by atoms with Crippen LogP contribution in [0.4, 0.5) is 0 Å². The van der Waals surface area contributed by atoms with Gasteiger partial charge in [0.1, 0.15) is 12.3 Å². The standard InChI is InChI=1S/C19H22N4OS.HI/c1-2-20-19(21-11-13-7-8-13)22-12-14-9-10-16(24-14)18-23-15-5-3-4-6-17(15)25-18;/h3-6,9-10,13H,2,7-8,11-12H2,1H3,(H2,20,21,22);1H.